The molecule has 2 aromatic rings. The van der Waals surface area contributed by atoms with Gasteiger partial charge < -0.3 is 15.7 Å². The highest BCUT2D eigenvalue weighted by molar-refractivity contribution is 8.00. The van der Waals surface area contributed by atoms with Gasteiger partial charge in [-0.15, -0.1) is 11.8 Å². The van der Waals surface area contributed by atoms with Gasteiger partial charge in [-0.1, -0.05) is 23.7 Å². The van der Waals surface area contributed by atoms with Crippen LogP contribution in [0.3, 0.4) is 0 Å². The molecule has 0 unspecified atom stereocenters. The van der Waals surface area contributed by atoms with E-state index in [0.717, 1.165) is 22.6 Å². The first-order valence-electron chi connectivity index (χ1n) is 7.84. The van der Waals surface area contributed by atoms with Crippen molar-refractivity contribution in [3.63, 3.8) is 0 Å². The molecule has 0 bridgehead atoms. The molecule has 2 amide bonds. The van der Waals surface area contributed by atoms with Gasteiger partial charge >= 0.3 is 5.97 Å². The summed E-state index contributed by atoms with van der Waals surface area (Å²) in [7, 11) is 0. The summed E-state index contributed by atoms with van der Waals surface area (Å²) in [5.41, 5.74) is 2.06. The predicted molar refractivity (Wildman–Crippen MR) is 107 cm³/mol. The molecule has 0 radical (unpaired) electrons. The van der Waals surface area contributed by atoms with Crippen LogP contribution in [0.2, 0.25) is 5.02 Å². The molecule has 0 heterocycles. The molecule has 0 atom stereocenters. The maximum absolute atomic E-state index is 12.1. The molecule has 0 fully saturated rings. The Bertz CT molecular complexity index is 899. The third-order valence-electron chi connectivity index (χ3n) is 3.30. The molecule has 0 aliphatic carbocycles. The Hall–Kier alpha value is -2.77. The van der Waals surface area contributed by atoms with Crippen LogP contribution >= 0.6 is 23.4 Å². The number of nitrogens with one attached hydrogen (secondary N) is 2. The zero-order chi connectivity index (χ0) is 19.8. The summed E-state index contributed by atoms with van der Waals surface area (Å²) >= 11 is 7.35. The van der Waals surface area contributed by atoms with Crippen molar-refractivity contribution in [3.05, 3.63) is 65.2 Å². The number of benzene rings is 2. The molecule has 3 N–H and O–H groups in total. The zero-order valence-electron chi connectivity index (χ0n) is 14.4. The summed E-state index contributed by atoms with van der Waals surface area (Å²) in [5, 5.41) is 14.4. The summed E-state index contributed by atoms with van der Waals surface area (Å²) in [4.78, 5) is 34.9. The van der Waals surface area contributed by atoms with Crippen LogP contribution in [0.25, 0.3) is 0 Å². The largest absolute Gasteiger partial charge is 0.478 e. The van der Waals surface area contributed by atoms with Gasteiger partial charge in [0.25, 0.3) is 0 Å². The fraction of sp³-hybridized carbons (Fsp3) is 0.105. The van der Waals surface area contributed by atoms with Crippen molar-refractivity contribution in [2.45, 2.75) is 11.8 Å². The number of carboxylic acids is 1. The highest BCUT2D eigenvalue weighted by atomic mass is 35.5. The Morgan fingerprint density at radius 3 is 2.52 bits per heavy atom. The monoisotopic (exact) mass is 404 g/mol. The van der Waals surface area contributed by atoms with E-state index in [9.17, 15) is 14.4 Å². The molecule has 8 heteroatoms. The molecule has 0 aliphatic rings. The Balaban J connectivity index is 1.90. The van der Waals surface area contributed by atoms with Gasteiger partial charge in [0, 0.05) is 33.4 Å². The Morgan fingerprint density at radius 1 is 1.07 bits per heavy atom. The lowest BCUT2D eigenvalue weighted by Crippen LogP contribution is -2.14. The van der Waals surface area contributed by atoms with E-state index in [1.165, 1.54) is 11.8 Å². The topological polar surface area (TPSA) is 95.5 Å². The Kier molecular flexibility index (Phi) is 7.45. The third-order valence-corrected chi connectivity index (χ3v) is 4.71. The van der Waals surface area contributed by atoms with Gasteiger partial charge in [0.1, 0.15) is 0 Å². The van der Waals surface area contributed by atoms with Crippen molar-refractivity contribution in [2.24, 2.45) is 0 Å². The van der Waals surface area contributed by atoms with Gasteiger partial charge in [-0.2, -0.15) is 0 Å². The van der Waals surface area contributed by atoms with E-state index in [1.54, 1.807) is 30.3 Å². The minimum atomic E-state index is -1.20. The molecule has 0 saturated heterocycles. The van der Waals surface area contributed by atoms with Gasteiger partial charge in [-0.25, -0.2) is 4.79 Å². The number of carboxylic acid groups (broad SMARTS) is 1. The van der Waals surface area contributed by atoms with E-state index in [4.69, 9.17) is 16.7 Å². The van der Waals surface area contributed by atoms with Crippen LogP contribution in [-0.2, 0) is 14.4 Å². The fourth-order valence-electron chi connectivity index (χ4n) is 2.01. The van der Waals surface area contributed by atoms with E-state index < -0.39 is 11.9 Å². The second kappa shape index (κ2) is 9.80. The lowest BCUT2D eigenvalue weighted by atomic mass is 10.2. The van der Waals surface area contributed by atoms with Crippen LogP contribution in [0.5, 0.6) is 0 Å². The number of anilines is 2. The second-order valence-corrected chi connectivity index (χ2v) is 6.95. The molecule has 140 valence electrons. The number of carbonyl (C=O) groups excluding carboxylic acids is 2. The van der Waals surface area contributed by atoms with Crippen LogP contribution in [0.1, 0.15) is 5.56 Å². The molecule has 0 spiro atoms. The average Bonchev–Trinajstić information content (AvgIpc) is 2.62. The molecule has 27 heavy (non-hydrogen) atoms. The van der Waals surface area contributed by atoms with Gasteiger partial charge in [0.05, 0.1) is 5.75 Å². The summed E-state index contributed by atoms with van der Waals surface area (Å²) in [6.07, 6.45) is 1.69. The number of hydrogen-bond donors (Lipinski definition) is 3. The van der Waals surface area contributed by atoms with Crippen molar-refractivity contribution in [1.82, 2.24) is 0 Å². The number of thioether (sulfide) groups is 1. The van der Waals surface area contributed by atoms with E-state index in [-0.39, 0.29) is 11.7 Å². The van der Waals surface area contributed by atoms with Crippen molar-refractivity contribution in [2.75, 3.05) is 16.4 Å². The van der Waals surface area contributed by atoms with Crippen LogP contribution in [0, 0.1) is 6.92 Å². The lowest BCUT2D eigenvalue weighted by molar-refractivity contribution is -0.131. The van der Waals surface area contributed by atoms with Crippen molar-refractivity contribution >= 4 is 52.5 Å². The number of carbonyl (C=O) groups is 3. The predicted octanol–water partition coefficient (Wildman–Crippen LogP) is 3.96. The summed E-state index contributed by atoms with van der Waals surface area (Å²) < 4.78 is 0. The molecule has 2 rings (SSSR count). The van der Waals surface area contributed by atoms with Crippen LogP contribution in [0.4, 0.5) is 11.4 Å². The second-order valence-electron chi connectivity index (χ2n) is 5.49. The summed E-state index contributed by atoms with van der Waals surface area (Å²) in [6, 6.07) is 12.2. The first kappa shape index (κ1) is 20.5. The molecular formula is C19H17ClN2O4S. The summed E-state index contributed by atoms with van der Waals surface area (Å²) in [6.45, 7) is 1.88. The molecule has 2 aromatic carbocycles. The number of aliphatic carboxylic acids is 1. The third kappa shape index (κ3) is 7.16. The van der Waals surface area contributed by atoms with Gasteiger partial charge in [-0.3, -0.25) is 9.59 Å². The van der Waals surface area contributed by atoms with Gasteiger partial charge in [0.15, 0.2) is 0 Å². The first-order valence-corrected chi connectivity index (χ1v) is 9.20. The summed E-state index contributed by atoms with van der Waals surface area (Å²) in [5.74, 6) is -1.75. The molecule has 0 aliphatic heterocycles. The van der Waals surface area contributed by atoms with Gasteiger partial charge in [0.2, 0.25) is 11.8 Å². The highest BCUT2D eigenvalue weighted by Crippen LogP contribution is 2.23. The van der Waals surface area contributed by atoms with Crippen LogP contribution in [-0.4, -0.2) is 28.6 Å². The van der Waals surface area contributed by atoms with Crippen LogP contribution < -0.4 is 10.6 Å². The molecule has 0 saturated carbocycles. The van der Waals surface area contributed by atoms with Crippen molar-refractivity contribution in [3.8, 4) is 0 Å². The number of amides is 2. The maximum atomic E-state index is 12.1. The SMILES string of the molecule is Cc1ccc(NC(=O)CSc2cccc(NC(=O)/C=C/C(=O)O)c2)cc1Cl. The molecule has 6 nitrogen and oxygen atoms in total. The first-order chi connectivity index (χ1) is 12.8. The minimum Gasteiger partial charge on any atom is -0.478 e. The number of hydrogen-bond acceptors (Lipinski definition) is 4. The maximum Gasteiger partial charge on any atom is 0.328 e. The van der Waals surface area contributed by atoms with E-state index in [0.29, 0.717) is 16.4 Å². The standard InChI is InChI=1S/C19H17ClN2O4S/c1-12-5-6-14(10-16(12)20)22-18(24)11-27-15-4-2-3-13(9-15)21-17(23)7-8-19(25)26/h2-10H,11H2,1H3,(H,21,23)(H,22,24)(H,25,26)/b8-7+. The number of aryl methyl sites for hydroxylation is 1. The van der Waals surface area contributed by atoms with Crippen LogP contribution in [0.15, 0.2) is 59.5 Å². The number of halogens is 1. The highest BCUT2D eigenvalue weighted by Gasteiger charge is 2.06. The Labute approximate surface area is 165 Å². The zero-order valence-corrected chi connectivity index (χ0v) is 15.9. The Morgan fingerprint density at radius 2 is 1.81 bits per heavy atom. The van der Waals surface area contributed by atoms with Crippen molar-refractivity contribution in [1.29, 1.82) is 0 Å². The fourth-order valence-corrected chi connectivity index (χ4v) is 2.95. The molecular weight excluding hydrogens is 388 g/mol. The van der Waals surface area contributed by atoms with E-state index in [2.05, 4.69) is 10.6 Å². The van der Waals surface area contributed by atoms with Crippen molar-refractivity contribution < 1.29 is 19.5 Å². The van der Waals surface area contributed by atoms with Gasteiger partial charge in [-0.05, 0) is 42.8 Å². The molecule has 0 aromatic heterocycles. The number of rotatable bonds is 7. The lowest BCUT2D eigenvalue weighted by Gasteiger charge is -2.08. The minimum absolute atomic E-state index is 0.182. The van der Waals surface area contributed by atoms with E-state index in [1.807, 2.05) is 19.1 Å². The smallest absolute Gasteiger partial charge is 0.328 e. The normalized spacial score (nSPS) is 10.6. The quantitative estimate of drug-likeness (QED) is 0.479. The van der Waals surface area contributed by atoms with E-state index >= 15 is 0 Å². The average molecular weight is 405 g/mol.